The van der Waals surface area contributed by atoms with Crippen LogP contribution in [0.15, 0.2) is 28.1 Å². The summed E-state index contributed by atoms with van der Waals surface area (Å²) in [5.74, 6) is 3.97. The molecule has 4 bridgehead atoms. The topological polar surface area (TPSA) is 42.6 Å². The summed E-state index contributed by atoms with van der Waals surface area (Å²) >= 11 is 1.71. The molecule has 4 fully saturated rings. The van der Waals surface area contributed by atoms with Crippen molar-refractivity contribution in [1.29, 1.82) is 0 Å². The van der Waals surface area contributed by atoms with E-state index in [9.17, 15) is 0 Å². The first kappa shape index (κ1) is 13.3. The van der Waals surface area contributed by atoms with Gasteiger partial charge >= 0.3 is 0 Å². The predicted octanol–water partition coefficient (Wildman–Crippen LogP) is 3.44. The molecule has 4 heteroatoms. The van der Waals surface area contributed by atoms with Crippen molar-refractivity contribution in [2.45, 2.75) is 50.6 Å². The van der Waals surface area contributed by atoms with E-state index in [0.29, 0.717) is 5.54 Å². The van der Waals surface area contributed by atoms with Crippen LogP contribution < -0.4 is 5.32 Å². The molecule has 2 aromatic heterocycles. The molecule has 3 nitrogen and oxygen atoms in total. The molecule has 0 spiro atoms. The van der Waals surface area contributed by atoms with Gasteiger partial charge in [0.15, 0.2) is 5.76 Å². The van der Waals surface area contributed by atoms with Crippen LogP contribution in [0.2, 0.25) is 0 Å². The Kier molecular flexibility index (Phi) is 2.99. The number of nitrogens with two attached hydrogens (primary N) is 1. The Bertz CT molecular complexity index is 625. The monoisotopic (exact) mass is 315 g/mol. The Labute approximate surface area is 135 Å². The molecule has 0 amide bonds. The zero-order chi connectivity index (χ0) is 14.6. The van der Waals surface area contributed by atoms with Crippen LogP contribution in [0.3, 0.4) is 0 Å². The van der Waals surface area contributed by atoms with Gasteiger partial charge in [-0.1, -0.05) is 11.2 Å². The van der Waals surface area contributed by atoms with Gasteiger partial charge in [-0.3, -0.25) is 0 Å². The third-order valence-corrected chi connectivity index (χ3v) is 7.04. The fourth-order valence-electron chi connectivity index (χ4n) is 5.69. The summed E-state index contributed by atoms with van der Waals surface area (Å²) in [7, 11) is 0. The van der Waals surface area contributed by atoms with Gasteiger partial charge in [0.1, 0.15) is 12.2 Å². The Morgan fingerprint density at radius 2 is 1.91 bits per heavy atom. The Balaban J connectivity index is 1.29. The molecule has 2 heterocycles. The van der Waals surface area contributed by atoms with Gasteiger partial charge in [0.25, 0.3) is 0 Å². The summed E-state index contributed by atoms with van der Waals surface area (Å²) in [6, 6.07) is 6.28. The number of hydrogen-bond donors (Lipinski definition) is 1. The van der Waals surface area contributed by atoms with E-state index < -0.39 is 0 Å². The molecule has 0 saturated heterocycles. The van der Waals surface area contributed by atoms with E-state index in [0.717, 1.165) is 35.8 Å². The van der Waals surface area contributed by atoms with E-state index in [1.54, 1.807) is 11.3 Å². The van der Waals surface area contributed by atoms with E-state index in [-0.39, 0.29) is 0 Å². The Morgan fingerprint density at radius 1 is 1.18 bits per heavy atom. The second kappa shape index (κ2) is 4.93. The van der Waals surface area contributed by atoms with Crippen molar-refractivity contribution >= 4 is 11.3 Å². The van der Waals surface area contributed by atoms with Gasteiger partial charge in [0.05, 0.1) is 10.4 Å². The molecule has 0 aromatic carbocycles. The fraction of sp³-hybridized carbons (Fsp3) is 0.611. The highest BCUT2D eigenvalue weighted by Gasteiger charge is 2.53. The molecule has 116 valence electrons. The second-order valence-electron chi connectivity index (χ2n) is 7.85. The first-order valence-electron chi connectivity index (χ1n) is 8.62. The molecule has 2 N–H and O–H groups in total. The minimum Gasteiger partial charge on any atom is -0.355 e. The van der Waals surface area contributed by atoms with Crippen molar-refractivity contribution in [3.05, 3.63) is 29.3 Å². The summed E-state index contributed by atoms with van der Waals surface area (Å²) in [5, 5.41) is 8.98. The van der Waals surface area contributed by atoms with Crippen LogP contribution in [-0.2, 0) is 6.54 Å². The number of thiophene rings is 1. The van der Waals surface area contributed by atoms with Gasteiger partial charge in [0, 0.05) is 25.3 Å². The highest BCUT2D eigenvalue weighted by molar-refractivity contribution is 7.13. The molecule has 4 aliphatic carbocycles. The maximum absolute atomic E-state index is 5.52. The first-order chi connectivity index (χ1) is 10.8. The second-order valence-corrected chi connectivity index (χ2v) is 8.80. The minimum absolute atomic E-state index is 0.525. The largest absolute Gasteiger partial charge is 0.355 e. The van der Waals surface area contributed by atoms with Gasteiger partial charge in [-0.2, -0.15) is 0 Å². The Morgan fingerprint density at radius 3 is 2.55 bits per heavy atom. The van der Waals surface area contributed by atoms with Crippen molar-refractivity contribution in [1.82, 2.24) is 5.16 Å². The molecule has 0 atom stereocenters. The molecular formula is C18H23N2OS+. The lowest BCUT2D eigenvalue weighted by atomic mass is 9.53. The van der Waals surface area contributed by atoms with Crippen LogP contribution in [0.1, 0.15) is 44.2 Å². The smallest absolute Gasteiger partial charge is 0.177 e. The average molecular weight is 315 g/mol. The molecule has 22 heavy (non-hydrogen) atoms. The van der Waals surface area contributed by atoms with Crippen LogP contribution >= 0.6 is 11.3 Å². The van der Waals surface area contributed by atoms with Crippen LogP contribution in [0.5, 0.6) is 0 Å². The van der Waals surface area contributed by atoms with Crippen molar-refractivity contribution < 1.29 is 9.84 Å². The van der Waals surface area contributed by atoms with Crippen LogP contribution in [0.4, 0.5) is 0 Å². The summed E-state index contributed by atoms with van der Waals surface area (Å²) < 4.78 is 5.52. The summed E-state index contributed by atoms with van der Waals surface area (Å²) in [4.78, 5) is 1.17. The molecule has 0 aliphatic heterocycles. The van der Waals surface area contributed by atoms with Crippen LogP contribution in [-0.4, -0.2) is 10.7 Å². The lowest BCUT2D eigenvalue weighted by molar-refractivity contribution is -0.753. The van der Waals surface area contributed by atoms with E-state index in [4.69, 9.17) is 4.52 Å². The third kappa shape index (κ3) is 2.24. The summed E-state index contributed by atoms with van der Waals surface area (Å²) in [5.41, 5.74) is 1.62. The van der Waals surface area contributed by atoms with Gasteiger partial charge in [-0.15, -0.1) is 11.3 Å². The van der Waals surface area contributed by atoms with Crippen molar-refractivity contribution in [2.24, 2.45) is 17.8 Å². The van der Waals surface area contributed by atoms with Crippen molar-refractivity contribution in [3.63, 3.8) is 0 Å². The molecular weight excluding hydrogens is 292 g/mol. The number of hydrogen-bond acceptors (Lipinski definition) is 3. The van der Waals surface area contributed by atoms with Crippen LogP contribution in [0.25, 0.3) is 10.6 Å². The molecule has 6 rings (SSSR count). The van der Waals surface area contributed by atoms with E-state index in [1.807, 2.05) is 0 Å². The molecule has 4 aliphatic rings. The number of rotatable bonds is 4. The molecule has 2 aromatic rings. The van der Waals surface area contributed by atoms with Crippen molar-refractivity contribution in [3.8, 4) is 10.6 Å². The van der Waals surface area contributed by atoms with E-state index in [2.05, 4.69) is 34.1 Å². The van der Waals surface area contributed by atoms with Gasteiger partial charge in [-0.05, 0) is 48.5 Å². The van der Waals surface area contributed by atoms with Gasteiger partial charge < -0.3 is 9.84 Å². The minimum atomic E-state index is 0.525. The van der Waals surface area contributed by atoms with Gasteiger partial charge in [-0.25, -0.2) is 0 Å². The predicted molar refractivity (Wildman–Crippen MR) is 86.3 cm³/mol. The van der Waals surface area contributed by atoms with Gasteiger partial charge in [0.2, 0.25) is 0 Å². The maximum atomic E-state index is 5.52. The summed E-state index contributed by atoms with van der Waals surface area (Å²) in [6.45, 7) is 0.973. The number of aromatic nitrogens is 1. The molecule has 0 unspecified atom stereocenters. The van der Waals surface area contributed by atoms with E-state index in [1.165, 1.54) is 43.4 Å². The average Bonchev–Trinajstić information content (AvgIpc) is 3.15. The zero-order valence-corrected chi connectivity index (χ0v) is 13.6. The quantitative estimate of drug-likeness (QED) is 0.939. The Hall–Kier alpha value is -1.13. The summed E-state index contributed by atoms with van der Waals surface area (Å²) in [6.07, 6.45) is 8.86. The van der Waals surface area contributed by atoms with E-state index >= 15 is 0 Å². The fourth-order valence-corrected chi connectivity index (χ4v) is 6.36. The van der Waals surface area contributed by atoms with Crippen LogP contribution in [0, 0.1) is 17.8 Å². The standard InChI is InChI=1S/C18H22N2OS/c1-2-17(22-3-1)16-7-15(20-21-16)11-19-18-8-12-4-13(9-18)6-14(5-12)10-18/h1-3,7,12-14,19H,4-6,8-11H2/p+1. The highest BCUT2D eigenvalue weighted by atomic mass is 32.1. The zero-order valence-electron chi connectivity index (χ0n) is 12.8. The lowest BCUT2D eigenvalue weighted by Crippen LogP contribution is -2.97. The highest BCUT2D eigenvalue weighted by Crippen LogP contribution is 2.54. The van der Waals surface area contributed by atoms with Crippen molar-refractivity contribution in [2.75, 3.05) is 0 Å². The SMILES string of the molecule is c1csc(-c2cc(C[NH2+]C34CC5CC(CC(C5)C3)C4)no2)c1. The molecule has 4 saturated carbocycles. The third-order valence-electron chi connectivity index (χ3n) is 6.15. The number of quaternary nitrogens is 1. The number of nitrogens with zero attached hydrogens (tertiary/aromatic N) is 1. The maximum Gasteiger partial charge on any atom is 0.177 e. The first-order valence-corrected chi connectivity index (χ1v) is 9.50. The molecule has 0 radical (unpaired) electrons. The normalized spacial score (nSPS) is 36.1. The lowest BCUT2D eigenvalue weighted by Gasteiger charge is -2.54.